The number of benzene rings is 1. The summed E-state index contributed by atoms with van der Waals surface area (Å²) in [5.74, 6) is 0.786. The van der Waals surface area contributed by atoms with Crippen LogP contribution in [0.3, 0.4) is 0 Å². The van der Waals surface area contributed by atoms with Crippen molar-refractivity contribution in [1.82, 2.24) is 5.32 Å². The van der Waals surface area contributed by atoms with E-state index in [-0.39, 0.29) is 0 Å². The molecule has 1 aromatic rings. The highest BCUT2D eigenvalue weighted by atomic mass is 79.9. The van der Waals surface area contributed by atoms with Crippen LogP contribution >= 0.6 is 15.9 Å². The molecular weight excluding hydrogens is 290 g/mol. The molecule has 1 aromatic carbocycles. The molecule has 0 aliphatic carbocycles. The molecule has 1 aliphatic heterocycles. The Hall–Kier alpha value is -1.05. The van der Waals surface area contributed by atoms with Crippen molar-refractivity contribution in [2.45, 2.75) is 12.8 Å². The Morgan fingerprint density at radius 1 is 1.39 bits per heavy atom. The number of nitriles is 1. The number of halogens is 1. The molecule has 1 N–H and O–H groups in total. The number of anilines is 1. The first-order valence-corrected chi connectivity index (χ1v) is 7.12. The van der Waals surface area contributed by atoms with Crippen LogP contribution in [-0.4, -0.2) is 26.7 Å². The lowest BCUT2D eigenvalue weighted by Gasteiger charge is -2.33. The van der Waals surface area contributed by atoms with Gasteiger partial charge < -0.3 is 10.2 Å². The van der Waals surface area contributed by atoms with Gasteiger partial charge in [-0.1, -0.05) is 15.9 Å². The minimum atomic E-state index is 0.719. The number of nitrogens with zero attached hydrogens (tertiary/aromatic N) is 2. The molecule has 0 atom stereocenters. The van der Waals surface area contributed by atoms with Gasteiger partial charge in [-0.05, 0) is 50.6 Å². The molecule has 3 nitrogen and oxygen atoms in total. The molecule has 1 saturated heterocycles. The highest BCUT2D eigenvalue weighted by Crippen LogP contribution is 2.26. The Kier molecular flexibility index (Phi) is 4.62. The predicted octanol–water partition coefficient (Wildman–Crippen LogP) is 2.76. The summed E-state index contributed by atoms with van der Waals surface area (Å²) in [6.45, 7) is 3.26. The molecule has 18 heavy (non-hydrogen) atoms. The van der Waals surface area contributed by atoms with E-state index < -0.39 is 0 Å². The highest BCUT2D eigenvalue weighted by molar-refractivity contribution is 9.10. The molecule has 96 valence electrons. The van der Waals surface area contributed by atoms with E-state index in [1.165, 1.54) is 12.8 Å². The van der Waals surface area contributed by atoms with Crippen molar-refractivity contribution in [2.75, 3.05) is 31.6 Å². The lowest BCUT2D eigenvalue weighted by Crippen LogP contribution is -2.36. The summed E-state index contributed by atoms with van der Waals surface area (Å²) < 4.78 is 0.980. The summed E-state index contributed by atoms with van der Waals surface area (Å²) in [4.78, 5) is 2.37. The predicted molar refractivity (Wildman–Crippen MR) is 77.7 cm³/mol. The van der Waals surface area contributed by atoms with Gasteiger partial charge in [-0.15, -0.1) is 0 Å². The van der Waals surface area contributed by atoms with Gasteiger partial charge in [-0.2, -0.15) is 5.26 Å². The van der Waals surface area contributed by atoms with Gasteiger partial charge in [0.1, 0.15) is 0 Å². The Labute approximate surface area is 117 Å². The van der Waals surface area contributed by atoms with Crippen molar-refractivity contribution in [3.8, 4) is 6.07 Å². The maximum atomic E-state index is 9.00. The van der Waals surface area contributed by atoms with Crippen LogP contribution in [0.5, 0.6) is 0 Å². The molecule has 0 spiro atoms. The average Bonchev–Trinajstić information content (AvgIpc) is 2.39. The van der Waals surface area contributed by atoms with Gasteiger partial charge in [0.15, 0.2) is 0 Å². The van der Waals surface area contributed by atoms with E-state index in [2.05, 4.69) is 38.3 Å². The second-order valence-electron chi connectivity index (χ2n) is 4.80. The first-order valence-electron chi connectivity index (χ1n) is 6.33. The number of hydrogen-bond donors (Lipinski definition) is 1. The number of hydrogen-bond acceptors (Lipinski definition) is 3. The first kappa shape index (κ1) is 13.4. The van der Waals surface area contributed by atoms with E-state index in [9.17, 15) is 0 Å². The van der Waals surface area contributed by atoms with Gasteiger partial charge in [0.25, 0.3) is 0 Å². The van der Waals surface area contributed by atoms with Gasteiger partial charge in [0.05, 0.1) is 11.6 Å². The van der Waals surface area contributed by atoms with Crippen LogP contribution in [0.1, 0.15) is 18.4 Å². The van der Waals surface area contributed by atoms with E-state index in [1.807, 2.05) is 19.2 Å². The van der Waals surface area contributed by atoms with Crippen molar-refractivity contribution in [3.05, 3.63) is 28.2 Å². The SMILES string of the molecule is CNCC1CCN(c2cc(Br)cc(C#N)c2)CC1. The molecule has 1 fully saturated rings. The van der Waals surface area contributed by atoms with E-state index in [4.69, 9.17) is 5.26 Å². The van der Waals surface area contributed by atoms with Crippen LogP contribution < -0.4 is 10.2 Å². The summed E-state index contributed by atoms with van der Waals surface area (Å²) in [6.07, 6.45) is 2.44. The normalized spacial score (nSPS) is 16.6. The minimum Gasteiger partial charge on any atom is -0.371 e. The van der Waals surface area contributed by atoms with Gasteiger partial charge in [-0.3, -0.25) is 0 Å². The molecule has 1 aliphatic rings. The molecule has 0 radical (unpaired) electrons. The Balaban J connectivity index is 2.05. The Morgan fingerprint density at radius 2 is 2.11 bits per heavy atom. The minimum absolute atomic E-state index is 0.719. The van der Waals surface area contributed by atoms with Crippen molar-refractivity contribution in [3.63, 3.8) is 0 Å². The second kappa shape index (κ2) is 6.21. The Morgan fingerprint density at radius 3 is 2.72 bits per heavy atom. The summed E-state index contributed by atoms with van der Waals surface area (Å²) in [5, 5.41) is 12.2. The molecule has 0 saturated carbocycles. The van der Waals surface area contributed by atoms with Gasteiger partial charge in [0.2, 0.25) is 0 Å². The number of nitrogens with one attached hydrogen (secondary N) is 1. The lowest BCUT2D eigenvalue weighted by molar-refractivity contribution is 0.393. The number of piperidine rings is 1. The third kappa shape index (κ3) is 3.24. The molecule has 0 aromatic heterocycles. The van der Waals surface area contributed by atoms with Gasteiger partial charge >= 0.3 is 0 Å². The zero-order valence-corrected chi connectivity index (χ0v) is 12.2. The van der Waals surface area contributed by atoms with Crippen LogP contribution in [0, 0.1) is 17.2 Å². The van der Waals surface area contributed by atoms with E-state index in [0.29, 0.717) is 0 Å². The molecule has 4 heteroatoms. The third-order valence-corrected chi connectivity index (χ3v) is 3.94. The monoisotopic (exact) mass is 307 g/mol. The maximum absolute atomic E-state index is 9.00. The second-order valence-corrected chi connectivity index (χ2v) is 5.71. The van der Waals surface area contributed by atoms with Gasteiger partial charge in [-0.25, -0.2) is 0 Å². The summed E-state index contributed by atoms with van der Waals surface area (Å²) >= 11 is 3.47. The smallest absolute Gasteiger partial charge is 0.0992 e. The fourth-order valence-electron chi connectivity index (χ4n) is 2.51. The zero-order valence-electron chi connectivity index (χ0n) is 10.6. The third-order valence-electron chi connectivity index (χ3n) is 3.48. The van der Waals surface area contributed by atoms with Gasteiger partial charge in [0, 0.05) is 23.2 Å². The number of rotatable bonds is 3. The van der Waals surface area contributed by atoms with Crippen LogP contribution in [-0.2, 0) is 0 Å². The molecule has 0 amide bonds. The van der Waals surface area contributed by atoms with Crippen LogP contribution in [0.2, 0.25) is 0 Å². The molecule has 1 heterocycles. The average molecular weight is 308 g/mol. The van der Waals surface area contributed by atoms with Crippen molar-refractivity contribution >= 4 is 21.6 Å². The van der Waals surface area contributed by atoms with Crippen LogP contribution in [0.4, 0.5) is 5.69 Å². The standard InChI is InChI=1S/C14H18BrN3/c1-17-10-11-2-4-18(5-3-11)14-7-12(9-16)6-13(15)8-14/h6-8,11,17H,2-5,10H2,1H3. The Bertz CT molecular complexity index is 445. The quantitative estimate of drug-likeness (QED) is 0.933. The highest BCUT2D eigenvalue weighted by Gasteiger charge is 2.19. The van der Waals surface area contributed by atoms with Crippen LogP contribution in [0.25, 0.3) is 0 Å². The van der Waals surface area contributed by atoms with E-state index >= 15 is 0 Å². The largest absolute Gasteiger partial charge is 0.371 e. The van der Waals surface area contributed by atoms with E-state index in [0.717, 1.165) is 41.3 Å². The summed E-state index contributed by atoms with van der Waals surface area (Å²) in [6, 6.07) is 8.14. The van der Waals surface area contributed by atoms with Crippen LogP contribution in [0.15, 0.2) is 22.7 Å². The van der Waals surface area contributed by atoms with Crippen molar-refractivity contribution in [2.24, 2.45) is 5.92 Å². The molecule has 2 rings (SSSR count). The summed E-state index contributed by atoms with van der Waals surface area (Å²) in [5.41, 5.74) is 1.88. The molecular formula is C14H18BrN3. The van der Waals surface area contributed by atoms with Crippen molar-refractivity contribution < 1.29 is 0 Å². The molecule has 0 bridgehead atoms. The zero-order chi connectivity index (χ0) is 13.0. The molecule has 0 unspecified atom stereocenters. The van der Waals surface area contributed by atoms with Crippen molar-refractivity contribution in [1.29, 1.82) is 5.26 Å². The topological polar surface area (TPSA) is 39.1 Å². The summed E-state index contributed by atoms with van der Waals surface area (Å²) in [7, 11) is 2.01. The van der Waals surface area contributed by atoms with E-state index in [1.54, 1.807) is 0 Å². The first-order chi connectivity index (χ1) is 8.72. The fraction of sp³-hybridized carbons (Fsp3) is 0.500. The maximum Gasteiger partial charge on any atom is 0.0992 e. The fourth-order valence-corrected chi connectivity index (χ4v) is 2.99. The lowest BCUT2D eigenvalue weighted by atomic mass is 9.96.